The molecule has 0 aromatic heterocycles. The molecule has 114 valence electrons. The fourth-order valence-corrected chi connectivity index (χ4v) is 1.68. The maximum absolute atomic E-state index is 13.5. The van der Waals surface area contributed by atoms with Crippen molar-refractivity contribution in [3.63, 3.8) is 0 Å². The maximum Gasteiger partial charge on any atom is 0.239 e. The Hall–Kier alpha value is -2.69. The van der Waals surface area contributed by atoms with Crippen LogP contribution in [0.25, 0.3) is 0 Å². The normalized spacial score (nSPS) is 10.6. The minimum Gasteiger partial charge on any atom is -0.489 e. The van der Waals surface area contributed by atoms with Crippen LogP contribution in [0.5, 0.6) is 5.75 Å². The van der Waals surface area contributed by atoms with Gasteiger partial charge in [0.2, 0.25) is 5.91 Å². The van der Waals surface area contributed by atoms with E-state index in [0.29, 0.717) is 17.7 Å². The van der Waals surface area contributed by atoms with Crippen molar-refractivity contribution >= 4 is 12.1 Å². The molecule has 22 heavy (non-hydrogen) atoms. The monoisotopic (exact) mass is 300 g/mol. The van der Waals surface area contributed by atoms with E-state index in [-0.39, 0.29) is 18.3 Å². The standard InChI is InChI=1S/C17H17FN2O2/c1-2-17(21)20-19-11-13-7-9-15(10-8-13)22-12-14-5-3-4-6-16(14)18/h3-11H,2,12H2,1H3,(H,20,21). The Morgan fingerprint density at radius 1 is 1.23 bits per heavy atom. The van der Waals surface area contributed by atoms with Crippen molar-refractivity contribution in [2.24, 2.45) is 5.10 Å². The summed E-state index contributed by atoms with van der Waals surface area (Å²) in [6.45, 7) is 1.93. The van der Waals surface area contributed by atoms with Crippen LogP contribution in [0.3, 0.4) is 0 Å². The largest absolute Gasteiger partial charge is 0.489 e. The molecule has 0 heterocycles. The SMILES string of the molecule is CCC(=O)NN=Cc1ccc(OCc2ccccc2F)cc1. The topological polar surface area (TPSA) is 50.7 Å². The molecule has 5 heteroatoms. The molecule has 2 rings (SSSR count). The average Bonchev–Trinajstić information content (AvgIpc) is 2.55. The number of amides is 1. The van der Waals surface area contributed by atoms with Crippen molar-refractivity contribution in [3.05, 3.63) is 65.5 Å². The molecule has 2 aromatic rings. The van der Waals surface area contributed by atoms with Gasteiger partial charge in [0.25, 0.3) is 0 Å². The third-order valence-corrected chi connectivity index (χ3v) is 2.96. The summed E-state index contributed by atoms with van der Waals surface area (Å²) in [4.78, 5) is 11.0. The number of hydrazone groups is 1. The van der Waals surface area contributed by atoms with Crippen LogP contribution in [-0.4, -0.2) is 12.1 Å². The van der Waals surface area contributed by atoms with E-state index in [2.05, 4.69) is 10.5 Å². The van der Waals surface area contributed by atoms with E-state index < -0.39 is 0 Å². The number of ether oxygens (including phenoxy) is 1. The summed E-state index contributed by atoms with van der Waals surface area (Å²) in [6.07, 6.45) is 1.94. The van der Waals surface area contributed by atoms with Crippen LogP contribution in [0.4, 0.5) is 4.39 Å². The summed E-state index contributed by atoms with van der Waals surface area (Å²) in [6, 6.07) is 13.6. The summed E-state index contributed by atoms with van der Waals surface area (Å²) in [7, 11) is 0. The third-order valence-electron chi connectivity index (χ3n) is 2.96. The van der Waals surface area contributed by atoms with Crippen LogP contribution in [0.15, 0.2) is 53.6 Å². The Morgan fingerprint density at radius 3 is 2.64 bits per heavy atom. The molecule has 0 saturated carbocycles. The highest BCUT2D eigenvalue weighted by molar-refractivity contribution is 5.82. The van der Waals surface area contributed by atoms with Crippen molar-refractivity contribution in [3.8, 4) is 5.75 Å². The van der Waals surface area contributed by atoms with Crippen molar-refractivity contribution in [1.29, 1.82) is 0 Å². The molecule has 0 saturated heterocycles. The van der Waals surface area contributed by atoms with Gasteiger partial charge in [-0.15, -0.1) is 0 Å². The van der Waals surface area contributed by atoms with Crippen LogP contribution in [0.1, 0.15) is 24.5 Å². The van der Waals surface area contributed by atoms with Crippen molar-refractivity contribution in [2.75, 3.05) is 0 Å². The highest BCUT2D eigenvalue weighted by atomic mass is 19.1. The number of rotatable bonds is 6. The Morgan fingerprint density at radius 2 is 1.95 bits per heavy atom. The van der Waals surface area contributed by atoms with E-state index >= 15 is 0 Å². The Bertz CT molecular complexity index is 654. The first-order valence-corrected chi connectivity index (χ1v) is 6.97. The Labute approximate surface area is 128 Å². The van der Waals surface area contributed by atoms with Crippen LogP contribution >= 0.6 is 0 Å². The van der Waals surface area contributed by atoms with Gasteiger partial charge in [-0.25, -0.2) is 9.82 Å². The second-order valence-corrected chi connectivity index (χ2v) is 4.60. The van der Waals surface area contributed by atoms with Gasteiger partial charge in [0.15, 0.2) is 0 Å². The number of hydrogen-bond acceptors (Lipinski definition) is 3. The van der Waals surface area contributed by atoms with Crippen molar-refractivity contribution in [2.45, 2.75) is 20.0 Å². The molecule has 0 aliphatic carbocycles. The van der Waals surface area contributed by atoms with Gasteiger partial charge < -0.3 is 4.74 Å². The quantitative estimate of drug-likeness (QED) is 0.657. The second-order valence-electron chi connectivity index (χ2n) is 4.60. The van der Waals surface area contributed by atoms with Gasteiger partial charge in [-0.3, -0.25) is 4.79 Å². The summed E-state index contributed by atoms with van der Waals surface area (Å²) in [5.41, 5.74) is 3.74. The molecule has 0 aliphatic heterocycles. The lowest BCUT2D eigenvalue weighted by Gasteiger charge is -2.07. The minimum atomic E-state index is -0.280. The van der Waals surface area contributed by atoms with E-state index in [1.54, 1.807) is 55.6 Å². The molecule has 0 aliphatic rings. The van der Waals surface area contributed by atoms with Crippen LogP contribution < -0.4 is 10.2 Å². The molecule has 1 N–H and O–H groups in total. The number of carbonyl (C=O) groups is 1. The Balaban J connectivity index is 1.89. The van der Waals surface area contributed by atoms with Crippen molar-refractivity contribution < 1.29 is 13.9 Å². The first kappa shape index (κ1) is 15.7. The Kier molecular flexibility index (Phi) is 5.65. The van der Waals surface area contributed by atoms with Gasteiger partial charge in [0.05, 0.1) is 6.21 Å². The highest BCUT2D eigenvalue weighted by Crippen LogP contribution is 2.15. The average molecular weight is 300 g/mol. The lowest BCUT2D eigenvalue weighted by atomic mass is 10.2. The summed E-state index contributed by atoms with van der Waals surface area (Å²) < 4.78 is 19.0. The van der Waals surface area contributed by atoms with Gasteiger partial charge >= 0.3 is 0 Å². The van der Waals surface area contributed by atoms with Gasteiger partial charge in [-0.05, 0) is 35.9 Å². The molecule has 1 amide bonds. The van der Waals surface area contributed by atoms with E-state index in [4.69, 9.17) is 4.74 Å². The van der Waals surface area contributed by atoms with Crippen molar-refractivity contribution in [1.82, 2.24) is 5.43 Å². The zero-order valence-electron chi connectivity index (χ0n) is 12.3. The zero-order valence-corrected chi connectivity index (χ0v) is 12.3. The molecular formula is C17H17FN2O2. The molecular weight excluding hydrogens is 283 g/mol. The molecule has 2 aromatic carbocycles. The molecule has 4 nitrogen and oxygen atoms in total. The number of hydrogen-bond donors (Lipinski definition) is 1. The van der Waals surface area contributed by atoms with E-state index in [9.17, 15) is 9.18 Å². The van der Waals surface area contributed by atoms with Gasteiger partial charge in [-0.2, -0.15) is 5.10 Å². The summed E-state index contributed by atoms with van der Waals surface area (Å²) >= 11 is 0. The molecule has 0 spiro atoms. The molecule has 0 atom stereocenters. The predicted octanol–water partition coefficient (Wildman–Crippen LogP) is 3.26. The number of nitrogens with one attached hydrogen (secondary N) is 1. The van der Waals surface area contributed by atoms with Gasteiger partial charge in [-0.1, -0.05) is 25.1 Å². The number of nitrogens with zero attached hydrogens (tertiary/aromatic N) is 1. The first-order valence-electron chi connectivity index (χ1n) is 6.97. The van der Waals surface area contributed by atoms with Crippen LogP contribution in [0, 0.1) is 5.82 Å². The molecule has 0 bridgehead atoms. The zero-order chi connectivity index (χ0) is 15.8. The maximum atomic E-state index is 13.5. The van der Waals surface area contributed by atoms with E-state index in [1.165, 1.54) is 6.07 Å². The van der Waals surface area contributed by atoms with E-state index in [1.807, 2.05) is 0 Å². The second kappa shape index (κ2) is 7.93. The first-order chi connectivity index (χ1) is 10.7. The lowest BCUT2D eigenvalue weighted by Crippen LogP contribution is -2.15. The van der Waals surface area contributed by atoms with Crippen LogP contribution in [0.2, 0.25) is 0 Å². The molecule has 0 radical (unpaired) electrons. The summed E-state index contributed by atoms with van der Waals surface area (Å²) in [5, 5.41) is 3.83. The van der Waals surface area contributed by atoms with Gasteiger partial charge in [0.1, 0.15) is 18.2 Å². The third kappa shape index (κ3) is 4.70. The summed E-state index contributed by atoms with van der Waals surface area (Å²) in [5.74, 6) is 0.219. The smallest absolute Gasteiger partial charge is 0.239 e. The number of benzene rings is 2. The molecule has 0 unspecified atom stereocenters. The fourth-order valence-electron chi connectivity index (χ4n) is 1.68. The fraction of sp³-hybridized carbons (Fsp3) is 0.176. The highest BCUT2D eigenvalue weighted by Gasteiger charge is 2.01. The van der Waals surface area contributed by atoms with Crippen LogP contribution in [-0.2, 0) is 11.4 Å². The minimum absolute atomic E-state index is 0.138. The lowest BCUT2D eigenvalue weighted by molar-refractivity contribution is -0.120. The molecule has 0 fully saturated rings. The predicted molar refractivity (Wildman–Crippen MR) is 83.2 cm³/mol. The van der Waals surface area contributed by atoms with E-state index in [0.717, 1.165) is 5.56 Å². The van der Waals surface area contributed by atoms with Gasteiger partial charge in [0, 0.05) is 12.0 Å². The number of halogens is 1. The number of carbonyl (C=O) groups excluding carboxylic acids is 1.